The van der Waals surface area contributed by atoms with Crippen molar-refractivity contribution < 1.29 is 4.79 Å². The number of carbonyl (C=O) groups is 1. The highest BCUT2D eigenvalue weighted by molar-refractivity contribution is 5.88. The molecular weight excluding hydrogens is 314 g/mol. The molecule has 1 heterocycles. The van der Waals surface area contributed by atoms with E-state index in [1.165, 1.54) is 10.2 Å². The fraction of sp³-hybridized carbons (Fsp3) is 0.250. The molecule has 128 valence electrons. The van der Waals surface area contributed by atoms with Crippen molar-refractivity contribution in [2.24, 2.45) is 7.05 Å². The molecule has 1 N–H and O–H groups in total. The van der Waals surface area contributed by atoms with E-state index in [0.29, 0.717) is 17.6 Å². The Morgan fingerprint density at radius 1 is 1.08 bits per heavy atom. The second kappa shape index (κ2) is 7.30. The molecule has 2 aromatic carbocycles. The predicted molar refractivity (Wildman–Crippen MR) is 98.6 cm³/mol. The van der Waals surface area contributed by atoms with Gasteiger partial charge in [0.1, 0.15) is 0 Å². The maximum absolute atomic E-state index is 12.3. The maximum Gasteiger partial charge on any atom is 0.274 e. The molecule has 0 bridgehead atoms. The van der Waals surface area contributed by atoms with Crippen LogP contribution in [-0.2, 0) is 18.3 Å². The van der Waals surface area contributed by atoms with Gasteiger partial charge in [-0.15, -0.1) is 0 Å². The maximum atomic E-state index is 12.3. The van der Waals surface area contributed by atoms with E-state index < -0.39 is 0 Å². The van der Waals surface area contributed by atoms with Gasteiger partial charge in [-0.3, -0.25) is 9.59 Å². The molecule has 0 radical (unpaired) electrons. The summed E-state index contributed by atoms with van der Waals surface area (Å²) in [6.45, 7) is 2.64. The number of carbonyl (C=O) groups excluding carboxylic acids is 1. The first kappa shape index (κ1) is 16.9. The van der Waals surface area contributed by atoms with E-state index in [4.69, 9.17) is 0 Å². The zero-order valence-electron chi connectivity index (χ0n) is 14.4. The van der Waals surface area contributed by atoms with Gasteiger partial charge in [-0.2, -0.15) is 5.10 Å². The van der Waals surface area contributed by atoms with E-state index >= 15 is 0 Å². The number of hydrogen-bond donors (Lipinski definition) is 1. The molecule has 0 saturated carbocycles. The fourth-order valence-corrected chi connectivity index (χ4v) is 2.89. The minimum atomic E-state index is -0.155. The van der Waals surface area contributed by atoms with Crippen LogP contribution in [0.5, 0.6) is 0 Å². The van der Waals surface area contributed by atoms with Crippen LogP contribution >= 0.6 is 0 Å². The quantitative estimate of drug-likeness (QED) is 0.779. The molecule has 25 heavy (non-hydrogen) atoms. The Bertz CT molecular complexity index is 948. The molecule has 0 spiro atoms. The summed E-state index contributed by atoms with van der Waals surface area (Å²) in [6.07, 6.45) is 0.149. The average molecular weight is 335 g/mol. The molecule has 1 atom stereocenters. The minimum Gasteiger partial charge on any atom is -0.355 e. The van der Waals surface area contributed by atoms with Crippen LogP contribution in [0, 0.1) is 0 Å². The molecule has 0 fully saturated rings. The van der Waals surface area contributed by atoms with E-state index in [9.17, 15) is 9.59 Å². The lowest BCUT2D eigenvalue weighted by molar-refractivity contribution is -0.120. The highest BCUT2D eigenvalue weighted by atomic mass is 16.1. The number of aryl methyl sites for hydroxylation is 1. The Labute approximate surface area is 146 Å². The van der Waals surface area contributed by atoms with Crippen molar-refractivity contribution in [3.8, 4) is 0 Å². The average Bonchev–Trinajstić information content (AvgIpc) is 2.64. The van der Waals surface area contributed by atoms with Crippen molar-refractivity contribution in [1.82, 2.24) is 15.1 Å². The number of fused-ring (bicyclic) bond motifs is 1. The van der Waals surface area contributed by atoms with Crippen LogP contribution < -0.4 is 10.9 Å². The van der Waals surface area contributed by atoms with Crippen molar-refractivity contribution in [2.45, 2.75) is 19.3 Å². The van der Waals surface area contributed by atoms with E-state index in [1.807, 2.05) is 36.4 Å². The van der Waals surface area contributed by atoms with Gasteiger partial charge in [0.2, 0.25) is 5.91 Å². The topological polar surface area (TPSA) is 64.0 Å². The summed E-state index contributed by atoms with van der Waals surface area (Å²) < 4.78 is 1.29. The smallest absolute Gasteiger partial charge is 0.274 e. The normalized spacial score (nSPS) is 12.1. The van der Waals surface area contributed by atoms with Gasteiger partial charge in [-0.25, -0.2) is 4.68 Å². The van der Waals surface area contributed by atoms with Crippen LogP contribution in [0.15, 0.2) is 59.4 Å². The molecular formula is C20H21N3O2. The lowest BCUT2D eigenvalue weighted by Crippen LogP contribution is -2.30. The number of nitrogens with zero attached hydrogens (tertiary/aromatic N) is 2. The van der Waals surface area contributed by atoms with Gasteiger partial charge < -0.3 is 5.32 Å². The Hall–Kier alpha value is -2.95. The first-order valence-electron chi connectivity index (χ1n) is 8.33. The van der Waals surface area contributed by atoms with E-state index in [0.717, 1.165) is 5.39 Å². The molecule has 0 aliphatic rings. The molecule has 5 heteroatoms. The van der Waals surface area contributed by atoms with Gasteiger partial charge in [0.25, 0.3) is 5.56 Å². The molecule has 5 nitrogen and oxygen atoms in total. The zero-order chi connectivity index (χ0) is 17.8. The van der Waals surface area contributed by atoms with Gasteiger partial charge in [-0.1, -0.05) is 55.5 Å². The van der Waals surface area contributed by atoms with Gasteiger partial charge >= 0.3 is 0 Å². The molecule has 0 aliphatic carbocycles. The van der Waals surface area contributed by atoms with Crippen LogP contribution in [0.4, 0.5) is 0 Å². The van der Waals surface area contributed by atoms with Crippen LogP contribution in [0.2, 0.25) is 0 Å². The van der Waals surface area contributed by atoms with Crippen molar-refractivity contribution >= 4 is 16.7 Å². The molecule has 3 rings (SSSR count). The summed E-state index contributed by atoms with van der Waals surface area (Å²) in [5.41, 5.74) is 1.65. The number of hydrogen-bond acceptors (Lipinski definition) is 3. The van der Waals surface area contributed by atoms with Crippen molar-refractivity contribution in [3.05, 3.63) is 76.2 Å². The van der Waals surface area contributed by atoms with Crippen LogP contribution in [-0.4, -0.2) is 22.2 Å². The molecule has 0 unspecified atom stereocenters. The van der Waals surface area contributed by atoms with Crippen LogP contribution in [0.3, 0.4) is 0 Å². The fourth-order valence-electron chi connectivity index (χ4n) is 2.89. The first-order chi connectivity index (χ1) is 12.1. The van der Waals surface area contributed by atoms with Gasteiger partial charge in [-0.05, 0) is 17.5 Å². The zero-order valence-corrected chi connectivity index (χ0v) is 14.4. The lowest BCUT2D eigenvalue weighted by atomic mass is 10.0. The number of nitrogens with one attached hydrogen (secondary N) is 1. The lowest BCUT2D eigenvalue weighted by Gasteiger charge is -2.13. The summed E-state index contributed by atoms with van der Waals surface area (Å²) in [7, 11) is 1.60. The second-order valence-electron chi connectivity index (χ2n) is 6.21. The predicted octanol–water partition coefficient (Wildman–Crippen LogP) is 2.40. The SMILES string of the molecule is C[C@H](CNC(=O)Cc1nn(C)c(=O)c2ccccc12)c1ccccc1. The van der Waals surface area contributed by atoms with Gasteiger partial charge in [0.15, 0.2) is 0 Å². The Morgan fingerprint density at radius 2 is 1.72 bits per heavy atom. The highest BCUT2D eigenvalue weighted by Crippen LogP contribution is 2.15. The Morgan fingerprint density at radius 3 is 2.44 bits per heavy atom. The number of aromatic nitrogens is 2. The Balaban J connectivity index is 1.72. The minimum absolute atomic E-state index is 0.0981. The number of benzene rings is 2. The third-order valence-corrected chi connectivity index (χ3v) is 4.34. The second-order valence-corrected chi connectivity index (χ2v) is 6.21. The Kier molecular flexibility index (Phi) is 4.93. The largest absolute Gasteiger partial charge is 0.355 e. The molecule has 0 saturated heterocycles. The summed E-state index contributed by atoms with van der Waals surface area (Å²) in [4.78, 5) is 24.5. The standard InChI is InChI=1S/C20H21N3O2/c1-14(15-8-4-3-5-9-15)13-21-19(24)12-18-16-10-6-7-11-17(16)20(25)23(2)22-18/h3-11,14H,12-13H2,1-2H3,(H,21,24)/t14-/m1/s1. The number of rotatable bonds is 5. The van der Waals surface area contributed by atoms with E-state index in [-0.39, 0.29) is 23.8 Å². The van der Waals surface area contributed by atoms with Crippen molar-refractivity contribution in [3.63, 3.8) is 0 Å². The molecule has 3 aromatic rings. The molecule has 1 amide bonds. The summed E-state index contributed by atoms with van der Waals surface area (Å²) in [5, 5.41) is 8.55. The number of amides is 1. The monoisotopic (exact) mass is 335 g/mol. The summed E-state index contributed by atoms with van der Waals surface area (Å²) in [6, 6.07) is 17.3. The van der Waals surface area contributed by atoms with Crippen molar-refractivity contribution in [2.75, 3.05) is 6.54 Å². The first-order valence-corrected chi connectivity index (χ1v) is 8.33. The van der Waals surface area contributed by atoms with E-state index in [2.05, 4.69) is 29.5 Å². The van der Waals surface area contributed by atoms with Crippen molar-refractivity contribution in [1.29, 1.82) is 0 Å². The third-order valence-electron chi connectivity index (χ3n) is 4.34. The van der Waals surface area contributed by atoms with Gasteiger partial charge in [0.05, 0.1) is 17.5 Å². The highest BCUT2D eigenvalue weighted by Gasteiger charge is 2.13. The van der Waals surface area contributed by atoms with Gasteiger partial charge in [0, 0.05) is 19.0 Å². The molecule has 1 aromatic heterocycles. The molecule has 0 aliphatic heterocycles. The summed E-state index contributed by atoms with van der Waals surface area (Å²) >= 11 is 0. The summed E-state index contributed by atoms with van der Waals surface area (Å²) in [5.74, 6) is 0.133. The third kappa shape index (κ3) is 3.76. The van der Waals surface area contributed by atoms with Crippen LogP contribution in [0.1, 0.15) is 24.1 Å². The van der Waals surface area contributed by atoms with E-state index in [1.54, 1.807) is 13.1 Å². The van der Waals surface area contributed by atoms with Crippen LogP contribution in [0.25, 0.3) is 10.8 Å².